The molecule has 0 bridgehead atoms. The molecule has 0 atom stereocenters. The number of hydrogen-bond acceptors (Lipinski definition) is 2. The molecule has 2 rings (SSSR count). The summed E-state index contributed by atoms with van der Waals surface area (Å²) in [6.45, 7) is 0.598. The van der Waals surface area contributed by atoms with Crippen LogP contribution in [-0.2, 0) is 4.79 Å². The Morgan fingerprint density at radius 1 is 1.00 bits per heavy atom. The van der Waals surface area contributed by atoms with Gasteiger partial charge < -0.3 is 10.6 Å². The fourth-order valence-corrected chi connectivity index (χ4v) is 2.09. The smallest absolute Gasteiger partial charge is 0.226 e. The minimum atomic E-state index is 0.00533. The highest BCUT2D eigenvalue weighted by atomic mass is 79.9. The van der Waals surface area contributed by atoms with Crippen molar-refractivity contribution < 1.29 is 4.79 Å². The topological polar surface area (TPSA) is 41.1 Å². The Morgan fingerprint density at radius 3 is 2.42 bits per heavy atom. The van der Waals surface area contributed by atoms with Crippen molar-refractivity contribution >= 4 is 33.2 Å². The van der Waals surface area contributed by atoms with Gasteiger partial charge in [-0.2, -0.15) is 0 Å². The number of benzene rings is 2. The number of carbonyl (C=O) groups excluding carboxylic acids is 1. The van der Waals surface area contributed by atoms with Crippen molar-refractivity contribution in [1.82, 2.24) is 0 Å². The molecule has 0 aromatic heterocycles. The van der Waals surface area contributed by atoms with E-state index < -0.39 is 0 Å². The molecule has 0 aliphatic carbocycles. The Balaban J connectivity index is 1.77. The van der Waals surface area contributed by atoms with Crippen LogP contribution in [-0.4, -0.2) is 12.5 Å². The SMILES string of the molecule is O=C(CCNc1ccccc1Br)Nc1ccccc1. The molecule has 0 aliphatic heterocycles. The highest BCUT2D eigenvalue weighted by Gasteiger charge is 2.02. The first-order valence-corrected chi connectivity index (χ1v) is 6.88. The first-order chi connectivity index (χ1) is 9.25. The maximum absolute atomic E-state index is 11.7. The largest absolute Gasteiger partial charge is 0.384 e. The summed E-state index contributed by atoms with van der Waals surface area (Å²) >= 11 is 3.45. The Hall–Kier alpha value is -1.81. The molecule has 0 unspecified atom stereocenters. The summed E-state index contributed by atoms with van der Waals surface area (Å²) in [4.78, 5) is 11.7. The van der Waals surface area contributed by atoms with Crippen LogP contribution >= 0.6 is 15.9 Å². The quantitative estimate of drug-likeness (QED) is 0.878. The van der Waals surface area contributed by atoms with E-state index in [0.29, 0.717) is 13.0 Å². The predicted molar refractivity (Wildman–Crippen MR) is 82.3 cm³/mol. The number of halogens is 1. The molecule has 2 N–H and O–H groups in total. The Bertz CT molecular complexity index is 543. The van der Waals surface area contributed by atoms with Gasteiger partial charge in [0.25, 0.3) is 0 Å². The Kier molecular flexibility index (Phi) is 4.98. The summed E-state index contributed by atoms with van der Waals surface area (Å²) in [7, 11) is 0. The van der Waals surface area contributed by atoms with E-state index in [1.54, 1.807) is 0 Å². The number of carbonyl (C=O) groups is 1. The Labute approximate surface area is 121 Å². The summed E-state index contributed by atoms with van der Waals surface area (Å²) in [6, 6.07) is 17.3. The third kappa shape index (κ3) is 4.41. The number of rotatable bonds is 5. The van der Waals surface area contributed by atoms with Crippen molar-refractivity contribution in [3.63, 3.8) is 0 Å². The van der Waals surface area contributed by atoms with Crippen molar-refractivity contribution in [2.24, 2.45) is 0 Å². The summed E-state index contributed by atoms with van der Waals surface area (Å²) < 4.78 is 0.999. The molecule has 2 aromatic rings. The molecule has 98 valence electrons. The molecule has 1 amide bonds. The van der Waals surface area contributed by atoms with Crippen LogP contribution in [0.25, 0.3) is 0 Å². The van der Waals surface area contributed by atoms with Gasteiger partial charge in [-0.05, 0) is 40.2 Å². The van der Waals surface area contributed by atoms with Crippen LogP contribution in [0.3, 0.4) is 0 Å². The molecule has 19 heavy (non-hydrogen) atoms. The lowest BCUT2D eigenvalue weighted by atomic mass is 10.3. The number of amides is 1. The first kappa shape index (κ1) is 13.6. The molecule has 2 aromatic carbocycles. The van der Waals surface area contributed by atoms with Gasteiger partial charge in [0.1, 0.15) is 0 Å². The van der Waals surface area contributed by atoms with Crippen LogP contribution in [0.15, 0.2) is 59.1 Å². The molecule has 0 saturated heterocycles. The van der Waals surface area contributed by atoms with Gasteiger partial charge in [0.15, 0.2) is 0 Å². The zero-order valence-electron chi connectivity index (χ0n) is 10.4. The second-order valence-corrected chi connectivity index (χ2v) is 4.93. The molecule has 0 heterocycles. The monoisotopic (exact) mass is 318 g/mol. The normalized spacial score (nSPS) is 9.95. The summed E-state index contributed by atoms with van der Waals surface area (Å²) in [6.07, 6.45) is 0.427. The molecule has 0 spiro atoms. The highest BCUT2D eigenvalue weighted by molar-refractivity contribution is 9.10. The van der Waals surface area contributed by atoms with Crippen LogP contribution in [0.4, 0.5) is 11.4 Å². The van der Waals surface area contributed by atoms with Gasteiger partial charge in [0.2, 0.25) is 5.91 Å². The molecule has 4 heteroatoms. The molecule has 0 saturated carbocycles. The lowest BCUT2D eigenvalue weighted by Crippen LogP contribution is -2.16. The van der Waals surface area contributed by atoms with Crippen LogP contribution in [0.1, 0.15) is 6.42 Å². The van der Waals surface area contributed by atoms with Gasteiger partial charge >= 0.3 is 0 Å². The van der Waals surface area contributed by atoms with E-state index in [-0.39, 0.29) is 5.91 Å². The molecular weight excluding hydrogens is 304 g/mol. The number of para-hydroxylation sites is 2. The van der Waals surface area contributed by atoms with Gasteiger partial charge in [0.05, 0.1) is 0 Å². The summed E-state index contributed by atoms with van der Waals surface area (Å²) in [5.41, 5.74) is 1.82. The average molecular weight is 319 g/mol. The van der Waals surface area contributed by atoms with Gasteiger partial charge in [-0.25, -0.2) is 0 Å². The number of hydrogen-bond donors (Lipinski definition) is 2. The molecule has 0 fully saturated rings. The maximum Gasteiger partial charge on any atom is 0.226 e. The predicted octanol–water partition coefficient (Wildman–Crippen LogP) is 3.89. The van der Waals surface area contributed by atoms with Crippen molar-refractivity contribution in [1.29, 1.82) is 0 Å². The maximum atomic E-state index is 11.7. The molecular formula is C15H15BrN2O. The molecule has 3 nitrogen and oxygen atoms in total. The van der Waals surface area contributed by atoms with Crippen molar-refractivity contribution in [3.05, 3.63) is 59.1 Å². The van der Waals surface area contributed by atoms with Crippen LogP contribution < -0.4 is 10.6 Å². The lowest BCUT2D eigenvalue weighted by molar-refractivity contribution is -0.115. The van der Waals surface area contributed by atoms with E-state index >= 15 is 0 Å². The fraction of sp³-hybridized carbons (Fsp3) is 0.133. The van der Waals surface area contributed by atoms with E-state index in [1.807, 2.05) is 54.6 Å². The zero-order chi connectivity index (χ0) is 13.5. The van der Waals surface area contributed by atoms with E-state index in [2.05, 4.69) is 26.6 Å². The van der Waals surface area contributed by atoms with Crippen molar-refractivity contribution in [2.75, 3.05) is 17.2 Å². The third-order valence-corrected chi connectivity index (χ3v) is 3.29. The van der Waals surface area contributed by atoms with Crippen LogP contribution in [0.5, 0.6) is 0 Å². The van der Waals surface area contributed by atoms with Gasteiger partial charge in [0, 0.05) is 28.8 Å². The molecule has 0 radical (unpaired) electrons. The van der Waals surface area contributed by atoms with E-state index in [0.717, 1.165) is 15.8 Å². The summed E-state index contributed by atoms with van der Waals surface area (Å²) in [5, 5.41) is 6.07. The van der Waals surface area contributed by atoms with E-state index in [1.165, 1.54) is 0 Å². The third-order valence-electron chi connectivity index (χ3n) is 2.60. The van der Waals surface area contributed by atoms with E-state index in [9.17, 15) is 4.79 Å². The fourth-order valence-electron chi connectivity index (χ4n) is 1.66. The van der Waals surface area contributed by atoms with Gasteiger partial charge in [-0.1, -0.05) is 30.3 Å². The average Bonchev–Trinajstić information content (AvgIpc) is 2.42. The second-order valence-electron chi connectivity index (χ2n) is 4.07. The van der Waals surface area contributed by atoms with Gasteiger partial charge in [-0.3, -0.25) is 4.79 Å². The van der Waals surface area contributed by atoms with Gasteiger partial charge in [-0.15, -0.1) is 0 Å². The van der Waals surface area contributed by atoms with Crippen molar-refractivity contribution in [3.8, 4) is 0 Å². The Morgan fingerprint density at radius 2 is 1.68 bits per heavy atom. The second kappa shape index (κ2) is 6.95. The lowest BCUT2D eigenvalue weighted by Gasteiger charge is -2.08. The number of nitrogens with one attached hydrogen (secondary N) is 2. The minimum absolute atomic E-state index is 0.00533. The first-order valence-electron chi connectivity index (χ1n) is 6.09. The van der Waals surface area contributed by atoms with E-state index in [4.69, 9.17) is 0 Å². The van der Waals surface area contributed by atoms with Crippen molar-refractivity contribution in [2.45, 2.75) is 6.42 Å². The van der Waals surface area contributed by atoms with Crippen LogP contribution in [0.2, 0.25) is 0 Å². The standard InChI is InChI=1S/C15H15BrN2O/c16-13-8-4-5-9-14(13)17-11-10-15(19)18-12-6-2-1-3-7-12/h1-9,17H,10-11H2,(H,18,19). The minimum Gasteiger partial charge on any atom is -0.384 e. The summed E-state index contributed by atoms with van der Waals surface area (Å²) in [5.74, 6) is 0.00533. The zero-order valence-corrected chi connectivity index (χ0v) is 12.0. The highest BCUT2D eigenvalue weighted by Crippen LogP contribution is 2.20. The number of anilines is 2. The van der Waals surface area contributed by atoms with Crippen LogP contribution in [0, 0.1) is 0 Å². The molecule has 0 aliphatic rings.